The van der Waals surface area contributed by atoms with E-state index in [4.69, 9.17) is 5.41 Å². The van der Waals surface area contributed by atoms with Gasteiger partial charge in [0.2, 0.25) is 5.91 Å². The summed E-state index contributed by atoms with van der Waals surface area (Å²) in [7, 11) is 0. The van der Waals surface area contributed by atoms with Crippen LogP contribution in [0.1, 0.15) is 11.1 Å². The predicted molar refractivity (Wildman–Crippen MR) is 64.1 cm³/mol. The van der Waals surface area contributed by atoms with Gasteiger partial charge in [0.1, 0.15) is 0 Å². The summed E-state index contributed by atoms with van der Waals surface area (Å²) in [6.45, 7) is 0. The van der Waals surface area contributed by atoms with Gasteiger partial charge in [-0.15, -0.1) is 0 Å². The zero-order chi connectivity index (χ0) is 16.0. The molecule has 0 aromatic heterocycles. The highest BCUT2D eigenvalue weighted by atomic mass is 32.2. The van der Waals surface area contributed by atoms with Crippen LogP contribution in [0.2, 0.25) is 0 Å². The molecule has 0 radical (unpaired) electrons. The van der Waals surface area contributed by atoms with E-state index >= 15 is 0 Å². The van der Waals surface area contributed by atoms with Gasteiger partial charge in [0.15, 0.2) is 5.17 Å². The lowest BCUT2D eigenvalue weighted by Crippen LogP contribution is -2.31. The molecule has 1 aromatic carbocycles. The second kappa shape index (κ2) is 4.93. The van der Waals surface area contributed by atoms with E-state index in [-0.39, 0.29) is 17.9 Å². The fraction of sp³-hybridized carbons (Fsp3) is 0.273. The highest BCUT2D eigenvalue weighted by molar-refractivity contribution is 8.15. The van der Waals surface area contributed by atoms with Gasteiger partial charge in [-0.2, -0.15) is 26.3 Å². The fourth-order valence-electron chi connectivity index (χ4n) is 1.75. The molecule has 0 aliphatic carbocycles. The molecule has 0 unspecified atom stereocenters. The summed E-state index contributed by atoms with van der Waals surface area (Å²) in [5, 5.41) is 6.88. The molecule has 114 valence electrons. The third-order valence-corrected chi connectivity index (χ3v) is 3.50. The number of hydrogen-bond acceptors (Lipinski definition) is 3. The Morgan fingerprint density at radius 3 is 2.14 bits per heavy atom. The van der Waals surface area contributed by atoms with E-state index < -0.39 is 40.2 Å². The number of nitrogens with zero attached hydrogens (tertiary/aromatic N) is 1. The largest absolute Gasteiger partial charge is 0.418 e. The van der Waals surface area contributed by atoms with Crippen LogP contribution >= 0.6 is 11.8 Å². The van der Waals surface area contributed by atoms with Gasteiger partial charge in [0.25, 0.3) is 0 Å². The number of amides is 1. The van der Waals surface area contributed by atoms with Gasteiger partial charge in [-0.1, -0.05) is 11.8 Å². The van der Waals surface area contributed by atoms with E-state index in [0.29, 0.717) is 22.7 Å². The molecule has 1 N–H and O–H groups in total. The van der Waals surface area contributed by atoms with Crippen molar-refractivity contribution in [1.82, 2.24) is 0 Å². The smallest absolute Gasteiger partial charge is 0.278 e. The second-order valence-electron chi connectivity index (χ2n) is 4.05. The number of alkyl halides is 6. The number of anilines is 1. The van der Waals surface area contributed by atoms with Crippen molar-refractivity contribution < 1.29 is 31.1 Å². The average molecular weight is 328 g/mol. The van der Waals surface area contributed by atoms with Crippen molar-refractivity contribution in [2.45, 2.75) is 12.4 Å². The summed E-state index contributed by atoms with van der Waals surface area (Å²) in [5.41, 5.74) is -3.68. The number of carbonyl (C=O) groups is 1. The van der Waals surface area contributed by atoms with E-state index in [1.54, 1.807) is 0 Å². The zero-order valence-electron chi connectivity index (χ0n) is 9.97. The molecule has 0 atom stereocenters. The first-order valence-corrected chi connectivity index (χ1v) is 6.33. The van der Waals surface area contributed by atoms with Crippen LogP contribution in [-0.4, -0.2) is 16.8 Å². The number of rotatable bonds is 1. The molecule has 3 nitrogen and oxygen atoms in total. The highest BCUT2D eigenvalue weighted by Crippen LogP contribution is 2.42. The predicted octanol–water partition coefficient (Wildman–Crippen LogP) is 3.74. The summed E-state index contributed by atoms with van der Waals surface area (Å²) >= 11 is 0.652. The Labute approximate surface area is 118 Å². The third kappa shape index (κ3) is 2.99. The van der Waals surface area contributed by atoms with Crippen LogP contribution in [-0.2, 0) is 17.1 Å². The van der Waals surface area contributed by atoms with E-state index in [9.17, 15) is 31.1 Å². The van der Waals surface area contributed by atoms with Crippen LogP contribution in [0, 0.1) is 5.41 Å². The minimum atomic E-state index is -4.94. The number of benzene rings is 1. The minimum absolute atomic E-state index is 0.237. The van der Waals surface area contributed by atoms with Crippen molar-refractivity contribution in [1.29, 1.82) is 5.41 Å². The van der Waals surface area contributed by atoms with Crippen LogP contribution in [0.5, 0.6) is 0 Å². The third-order valence-electron chi connectivity index (χ3n) is 2.66. The van der Waals surface area contributed by atoms with E-state index in [1.807, 2.05) is 0 Å². The normalized spacial score (nSPS) is 16.8. The SMILES string of the molecule is N=C1SCC(=O)N1c1cc(C(F)(F)F)ccc1C(F)(F)F. The van der Waals surface area contributed by atoms with Gasteiger partial charge < -0.3 is 0 Å². The second-order valence-corrected chi connectivity index (χ2v) is 5.01. The Morgan fingerprint density at radius 2 is 1.71 bits per heavy atom. The molecule has 1 fully saturated rings. The molecule has 0 spiro atoms. The van der Waals surface area contributed by atoms with Gasteiger partial charge >= 0.3 is 12.4 Å². The van der Waals surface area contributed by atoms with Crippen molar-refractivity contribution in [3.8, 4) is 0 Å². The number of halogens is 6. The maximum Gasteiger partial charge on any atom is 0.418 e. The Balaban J connectivity index is 2.65. The number of hydrogen-bond donors (Lipinski definition) is 1. The first-order valence-electron chi connectivity index (χ1n) is 5.34. The molecule has 21 heavy (non-hydrogen) atoms. The number of amidine groups is 1. The molecule has 1 aliphatic rings. The van der Waals surface area contributed by atoms with Gasteiger partial charge in [-0.05, 0) is 18.2 Å². The summed E-state index contributed by atoms with van der Waals surface area (Å²) in [6, 6.07) is 0.798. The van der Waals surface area contributed by atoms with Crippen molar-refractivity contribution in [2.75, 3.05) is 10.7 Å². The summed E-state index contributed by atoms with van der Waals surface area (Å²) in [4.78, 5) is 11.9. The Bertz CT molecular complexity index is 594. The van der Waals surface area contributed by atoms with Gasteiger partial charge in [-0.3, -0.25) is 15.1 Å². The van der Waals surface area contributed by atoms with Gasteiger partial charge in [0, 0.05) is 0 Å². The summed E-state index contributed by atoms with van der Waals surface area (Å²) < 4.78 is 76.6. The Hall–Kier alpha value is -1.71. The fourth-order valence-corrected chi connectivity index (χ4v) is 2.47. The lowest BCUT2D eigenvalue weighted by Gasteiger charge is -2.22. The molecule has 1 aliphatic heterocycles. The lowest BCUT2D eigenvalue weighted by molar-refractivity contribution is -0.141. The molecule has 1 heterocycles. The standard InChI is InChI=1S/C11H6F6N2OS/c12-10(13,14)5-1-2-6(11(15,16)17)7(3-5)19-8(20)4-21-9(19)18/h1-3,18H,4H2. The van der Waals surface area contributed by atoms with Crippen LogP contribution in [0.25, 0.3) is 0 Å². The van der Waals surface area contributed by atoms with E-state index in [2.05, 4.69) is 0 Å². The first-order chi connectivity index (χ1) is 9.51. The molecule has 1 saturated heterocycles. The van der Waals surface area contributed by atoms with Crippen molar-refractivity contribution in [3.63, 3.8) is 0 Å². The molecular formula is C11H6F6N2OS. The van der Waals surface area contributed by atoms with Crippen LogP contribution in [0.4, 0.5) is 32.0 Å². The molecule has 1 aromatic rings. The average Bonchev–Trinajstić information content (AvgIpc) is 2.66. The summed E-state index contributed by atoms with van der Waals surface area (Å²) in [5.74, 6) is -1.15. The van der Waals surface area contributed by atoms with Crippen LogP contribution in [0.15, 0.2) is 18.2 Å². The van der Waals surface area contributed by atoms with E-state index in [0.717, 1.165) is 0 Å². The molecular weight excluding hydrogens is 322 g/mol. The highest BCUT2D eigenvalue weighted by Gasteiger charge is 2.41. The maximum atomic E-state index is 12.9. The number of nitrogens with one attached hydrogen (secondary N) is 1. The maximum absolute atomic E-state index is 12.9. The molecule has 1 amide bonds. The van der Waals surface area contributed by atoms with Gasteiger partial charge in [-0.25, -0.2) is 0 Å². The molecule has 0 saturated carbocycles. The summed E-state index contributed by atoms with van der Waals surface area (Å²) in [6.07, 6.45) is -9.79. The quantitative estimate of drug-likeness (QED) is 0.798. The van der Waals surface area contributed by atoms with Crippen LogP contribution in [0.3, 0.4) is 0 Å². The van der Waals surface area contributed by atoms with Crippen molar-refractivity contribution in [3.05, 3.63) is 29.3 Å². The van der Waals surface area contributed by atoms with E-state index in [1.165, 1.54) is 0 Å². The first kappa shape index (κ1) is 15.7. The molecule has 2 rings (SSSR count). The number of thioether (sulfide) groups is 1. The molecule has 10 heteroatoms. The minimum Gasteiger partial charge on any atom is -0.278 e. The Kier molecular flexibility index (Phi) is 3.68. The molecule has 0 bridgehead atoms. The van der Waals surface area contributed by atoms with Gasteiger partial charge in [0.05, 0.1) is 22.6 Å². The van der Waals surface area contributed by atoms with Crippen LogP contribution < -0.4 is 4.90 Å². The monoisotopic (exact) mass is 328 g/mol. The lowest BCUT2D eigenvalue weighted by atomic mass is 10.1. The van der Waals surface area contributed by atoms with Crippen molar-refractivity contribution >= 4 is 28.5 Å². The van der Waals surface area contributed by atoms with Crippen molar-refractivity contribution in [2.24, 2.45) is 0 Å². The number of carbonyl (C=O) groups excluding carboxylic acids is 1. The Morgan fingerprint density at radius 1 is 1.10 bits per heavy atom. The topological polar surface area (TPSA) is 44.2 Å². The zero-order valence-corrected chi connectivity index (χ0v) is 10.8.